The third-order valence-corrected chi connectivity index (χ3v) is 14.0. The molecular formula is C42H44O11. The number of allylic oxidation sites excluding steroid dienone is 1. The first-order valence-corrected chi connectivity index (χ1v) is 17.9. The maximum absolute atomic E-state index is 14.5. The van der Waals surface area contributed by atoms with Crippen LogP contribution in [-0.4, -0.2) is 65.0 Å². The summed E-state index contributed by atoms with van der Waals surface area (Å²) in [7, 11) is 0. The predicted octanol–water partition coefficient (Wildman–Crippen LogP) is 5.25. The Hall–Kier alpha value is -4.68. The van der Waals surface area contributed by atoms with Crippen molar-refractivity contribution in [3.05, 3.63) is 118 Å². The zero-order valence-electron chi connectivity index (χ0n) is 29.7. The molecule has 3 aromatic carbocycles. The SMILES string of the molecule is C[C@]12C[C@@](O)(c3ccccc3C(=O)O)[C@@](O)(c3ccccc3C(=O)O)C[C@H]1C(=O)C=C1[C@@H]2CC[C@]2(C)[C@@H]([C@@](C)(O)c3ccccc3C(=O)O)CC[C@@]12O. The van der Waals surface area contributed by atoms with Crippen LogP contribution in [0.5, 0.6) is 0 Å². The summed E-state index contributed by atoms with van der Waals surface area (Å²) in [4.78, 5) is 51.8. The van der Waals surface area contributed by atoms with Crippen molar-refractivity contribution in [2.24, 2.45) is 28.6 Å². The van der Waals surface area contributed by atoms with Crippen LogP contribution in [0.4, 0.5) is 0 Å². The second kappa shape index (κ2) is 11.9. The molecule has 0 spiro atoms. The average molecular weight is 725 g/mol. The van der Waals surface area contributed by atoms with E-state index in [0.29, 0.717) is 24.8 Å². The normalized spacial score (nSPS) is 35.9. The molecule has 9 atom stereocenters. The van der Waals surface area contributed by atoms with Gasteiger partial charge in [-0.1, -0.05) is 68.4 Å². The Kier molecular flexibility index (Phi) is 8.24. The molecule has 0 saturated heterocycles. The number of carbonyl (C=O) groups excluding carboxylic acids is 1. The van der Waals surface area contributed by atoms with E-state index in [-0.39, 0.29) is 46.2 Å². The van der Waals surface area contributed by atoms with E-state index >= 15 is 0 Å². The highest BCUT2D eigenvalue weighted by Gasteiger charge is 2.72. The van der Waals surface area contributed by atoms with E-state index in [9.17, 15) is 54.9 Å². The van der Waals surface area contributed by atoms with Gasteiger partial charge in [-0.3, -0.25) is 4.79 Å². The van der Waals surface area contributed by atoms with Crippen molar-refractivity contribution >= 4 is 23.7 Å². The van der Waals surface area contributed by atoms with E-state index < -0.39 is 81.1 Å². The van der Waals surface area contributed by atoms with Crippen LogP contribution in [0.15, 0.2) is 84.4 Å². The van der Waals surface area contributed by atoms with E-state index in [4.69, 9.17) is 0 Å². The molecule has 3 saturated carbocycles. The zero-order valence-corrected chi connectivity index (χ0v) is 29.7. The molecule has 0 amide bonds. The standard InChI is InChI=1S/C42H44O11/c1-37-22-42(53,28-15-9-6-12-25(28)36(48)49)41(52,27-14-8-5-11-24(27)35(46)47)21-31(37)32(43)20-30-29(37)16-18-38(2)33(17-19-40(30,38)51)39(3,50)26-13-7-4-10-23(26)34(44)45/h4-15,20,29,31,33,50-53H,16-19,21-22H2,1-3H3,(H,44,45)(H,46,47)(H,48,49)/t29-,31-,33-,37+,38+,39-,40+,41-,42+/m0/s1. The summed E-state index contributed by atoms with van der Waals surface area (Å²) >= 11 is 0. The van der Waals surface area contributed by atoms with Gasteiger partial charge in [-0.25, -0.2) is 14.4 Å². The first-order chi connectivity index (χ1) is 24.8. The van der Waals surface area contributed by atoms with Crippen molar-refractivity contribution in [2.45, 2.75) is 81.7 Å². The van der Waals surface area contributed by atoms with Crippen LogP contribution >= 0.6 is 0 Å². The molecule has 7 N–H and O–H groups in total. The summed E-state index contributed by atoms with van der Waals surface area (Å²) in [5.74, 6) is -6.49. The number of fused-ring (bicyclic) bond motifs is 5. The first-order valence-electron chi connectivity index (χ1n) is 17.9. The molecular weight excluding hydrogens is 680 g/mol. The number of carboxylic acid groups (broad SMARTS) is 3. The summed E-state index contributed by atoms with van der Waals surface area (Å²) in [6, 6.07) is 17.6. The Morgan fingerprint density at radius 2 is 1.19 bits per heavy atom. The molecule has 11 heteroatoms. The van der Waals surface area contributed by atoms with Crippen molar-refractivity contribution in [1.82, 2.24) is 0 Å². The molecule has 4 aliphatic carbocycles. The lowest BCUT2D eigenvalue weighted by atomic mass is 9.42. The van der Waals surface area contributed by atoms with Crippen molar-refractivity contribution in [2.75, 3.05) is 0 Å². The molecule has 0 radical (unpaired) electrons. The smallest absolute Gasteiger partial charge is 0.336 e. The third kappa shape index (κ3) is 4.87. The van der Waals surface area contributed by atoms with Gasteiger partial charge in [0.2, 0.25) is 0 Å². The van der Waals surface area contributed by atoms with E-state index in [2.05, 4.69) is 0 Å². The van der Waals surface area contributed by atoms with Gasteiger partial charge in [0.15, 0.2) is 5.78 Å². The van der Waals surface area contributed by atoms with Gasteiger partial charge in [0.25, 0.3) is 0 Å². The van der Waals surface area contributed by atoms with Gasteiger partial charge in [0.05, 0.1) is 27.9 Å². The second-order valence-electron chi connectivity index (χ2n) is 16.3. The molecule has 0 heterocycles. The Labute approximate surface area is 306 Å². The minimum absolute atomic E-state index is 0.0484. The van der Waals surface area contributed by atoms with Crippen molar-refractivity contribution in [3.63, 3.8) is 0 Å². The summed E-state index contributed by atoms with van der Waals surface area (Å²) in [6.45, 7) is 5.24. The zero-order chi connectivity index (χ0) is 38.5. The highest BCUT2D eigenvalue weighted by Crippen LogP contribution is 2.71. The minimum atomic E-state index is -2.44. The van der Waals surface area contributed by atoms with E-state index in [1.165, 1.54) is 60.7 Å². The predicted molar refractivity (Wildman–Crippen MR) is 190 cm³/mol. The number of carbonyl (C=O) groups is 4. The highest BCUT2D eigenvalue weighted by molar-refractivity contribution is 5.96. The maximum atomic E-state index is 14.5. The third-order valence-electron chi connectivity index (χ3n) is 14.0. The van der Waals surface area contributed by atoms with Crippen LogP contribution in [0.1, 0.15) is 107 Å². The largest absolute Gasteiger partial charge is 0.478 e. The topological polar surface area (TPSA) is 210 Å². The fourth-order valence-corrected chi connectivity index (χ4v) is 11.4. The molecule has 4 aliphatic rings. The summed E-state index contributed by atoms with van der Waals surface area (Å²) in [5, 5.41) is 81.4. The monoisotopic (exact) mass is 724 g/mol. The lowest BCUT2D eigenvalue weighted by Crippen LogP contribution is -2.66. The number of hydrogen-bond donors (Lipinski definition) is 7. The molecule has 3 aromatic rings. The van der Waals surface area contributed by atoms with Gasteiger partial charge in [0.1, 0.15) is 11.2 Å². The van der Waals surface area contributed by atoms with Crippen LogP contribution in [0.25, 0.3) is 0 Å². The lowest BCUT2D eigenvalue weighted by molar-refractivity contribution is -0.240. The van der Waals surface area contributed by atoms with E-state index in [0.717, 1.165) is 0 Å². The van der Waals surface area contributed by atoms with Crippen LogP contribution in [-0.2, 0) is 21.6 Å². The van der Waals surface area contributed by atoms with Gasteiger partial charge in [-0.05, 0) is 92.2 Å². The number of carboxylic acids is 3. The summed E-state index contributed by atoms with van der Waals surface area (Å²) in [6.07, 6.45) is 1.86. The molecule has 0 aromatic heterocycles. The van der Waals surface area contributed by atoms with Gasteiger partial charge < -0.3 is 35.7 Å². The molecule has 11 nitrogen and oxygen atoms in total. The Morgan fingerprint density at radius 3 is 1.75 bits per heavy atom. The van der Waals surface area contributed by atoms with Crippen LogP contribution < -0.4 is 0 Å². The molecule has 7 rings (SSSR count). The van der Waals surface area contributed by atoms with E-state index in [1.807, 2.05) is 13.8 Å². The fourth-order valence-electron chi connectivity index (χ4n) is 11.4. The maximum Gasteiger partial charge on any atom is 0.336 e. The number of ketones is 1. The molecule has 0 aliphatic heterocycles. The number of benzene rings is 3. The van der Waals surface area contributed by atoms with Crippen LogP contribution in [0.3, 0.4) is 0 Å². The van der Waals surface area contributed by atoms with Crippen molar-refractivity contribution < 1.29 is 54.9 Å². The van der Waals surface area contributed by atoms with Gasteiger partial charge in [0, 0.05) is 28.4 Å². The van der Waals surface area contributed by atoms with Crippen molar-refractivity contribution in [3.8, 4) is 0 Å². The lowest BCUT2D eigenvalue weighted by Gasteiger charge is -2.64. The van der Waals surface area contributed by atoms with Gasteiger partial charge in [-0.15, -0.1) is 0 Å². The van der Waals surface area contributed by atoms with E-state index in [1.54, 1.807) is 25.1 Å². The van der Waals surface area contributed by atoms with Gasteiger partial charge >= 0.3 is 17.9 Å². The average Bonchev–Trinajstić information content (AvgIpc) is 3.41. The molecule has 3 fully saturated rings. The molecule has 0 bridgehead atoms. The quantitative estimate of drug-likeness (QED) is 0.167. The Morgan fingerprint density at radius 1 is 0.679 bits per heavy atom. The van der Waals surface area contributed by atoms with Gasteiger partial charge in [-0.2, -0.15) is 0 Å². The number of aliphatic hydroxyl groups is 4. The summed E-state index contributed by atoms with van der Waals surface area (Å²) in [5.41, 5.74) is -10.6. The summed E-state index contributed by atoms with van der Waals surface area (Å²) < 4.78 is 0. The minimum Gasteiger partial charge on any atom is -0.478 e. The first kappa shape index (κ1) is 36.7. The second-order valence-corrected chi connectivity index (χ2v) is 16.3. The van der Waals surface area contributed by atoms with Crippen LogP contribution in [0, 0.1) is 28.6 Å². The Bertz CT molecular complexity index is 2100. The highest BCUT2D eigenvalue weighted by atomic mass is 16.4. The number of hydrogen-bond acceptors (Lipinski definition) is 8. The number of rotatable bonds is 7. The number of aromatic carboxylic acids is 3. The molecule has 278 valence electrons. The Balaban J connectivity index is 1.38. The van der Waals surface area contributed by atoms with Crippen molar-refractivity contribution in [1.29, 1.82) is 0 Å². The molecule has 53 heavy (non-hydrogen) atoms. The fraction of sp³-hybridized carbons (Fsp3) is 0.429. The van der Waals surface area contributed by atoms with Crippen LogP contribution in [0.2, 0.25) is 0 Å². The molecule has 0 unspecified atom stereocenters.